The quantitative estimate of drug-likeness (QED) is 0.269. The van der Waals surface area contributed by atoms with Crippen molar-refractivity contribution >= 4 is 22.6 Å². The molecular formula is C29H27F4N7O3. The zero-order valence-electron chi connectivity index (χ0n) is 22.7. The Kier molecular flexibility index (Phi) is 6.34. The normalized spacial score (nSPS) is 17.1. The molecular weight excluding hydrogens is 570 g/mol. The molecule has 1 unspecified atom stereocenters. The zero-order chi connectivity index (χ0) is 30.0. The summed E-state index contributed by atoms with van der Waals surface area (Å²) in [5.74, 6) is -1.49. The molecule has 0 bridgehead atoms. The van der Waals surface area contributed by atoms with Crippen LogP contribution in [0.4, 0.5) is 22.4 Å². The van der Waals surface area contributed by atoms with Crippen molar-refractivity contribution in [3.8, 4) is 22.5 Å². The first-order valence-electron chi connectivity index (χ1n) is 13.9. The predicted molar refractivity (Wildman–Crippen MR) is 149 cm³/mol. The predicted octanol–water partition coefficient (Wildman–Crippen LogP) is 4.35. The number of benzene rings is 1. The van der Waals surface area contributed by atoms with Gasteiger partial charge in [-0.25, -0.2) is 14.2 Å². The average Bonchev–Trinajstić information content (AvgIpc) is 3.64. The third-order valence-electron chi connectivity index (χ3n) is 8.57. The average molecular weight is 598 g/mol. The lowest BCUT2D eigenvalue weighted by atomic mass is 9.91. The summed E-state index contributed by atoms with van der Waals surface area (Å²) >= 11 is 0. The number of aromatic nitrogens is 5. The van der Waals surface area contributed by atoms with E-state index in [1.807, 2.05) is 33.4 Å². The number of nitrogens with zero attached hydrogens (tertiary/aromatic N) is 5. The van der Waals surface area contributed by atoms with Crippen molar-refractivity contribution in [3.05, 3.63) is 70.7 Å². The SMILES string of the molecule is O=C(N1CCC(C(O)C(F)(F)F)CC1)N1CCn2cc(-c3c(-c4cnc5ccccn45)[nH][nH]c3=O)c3cc(F)cc(c32)C1. The van der Waals surface area contributed by atoms with Crippen LogP contribution in [0.15, 0.2) is 53.7 Å². The van der Waals surface area contributed by atoms with E-state index in [2.05, 4.69) is 15.2 Å². The number of nitrogens with one attached hydrogen (secondary N) is 2. The summed E-state index contributed by atoms with van der Waals surface area (Å²) < 4.78 is 57.7. The van der Waals surface area contributed by atoms with Gasteiger partial charge in [0.15, 0.2) is 6.10 Å². The molecule has 1 saturated heterocycles. The van der Waals surface area contributed by atoms with Crippen LogP contribution in [0.25, 0.3) is 39.1 Å². The molecule has 3 N–H and O–H groups in total. The van der Waals surface area contributed by atoms with Crippen LogP contribution in [0, 0.1) is 11.7 Å². The molecule has 10 nitrogen and oxygen atoms in total. The zero-order valence-corrected chi connectivity index (χ0v) is 22.7. The molecule has 43 heavy (non-hydrogen) atoms. The Morgan fingerprint density at radius 3 is 2.63 bits per heavy atom. The van der Waals surface area contributed by atoms with Crippen LogP contribution in [0.5, 0.6) is 0 Å². The number of piperidine rings is 1. The first kappa shape index (κ1) is 27.3. The number of halogens is 4. The molecule has 14 heteroatoms. The summed E-state index contributed by atoms with van der Waals surface area (Å²) in [6, 6.07) is 7.95. The Morgan fingerprint density at radius 2 is 1.86 bits per heavy atom. The molecule has 0 aliphatic carbocycles. The third kappa shape index (κ3) is 4.56. The number of aliphatic hydroxyl groups is 1. The van der Waals surface area contributed by atoms with Gasteiger partial charge < -0.3 is 19.5 Å². The van der Waals surface area contributed by atoms with Crippen molar-refractivity contribution in [2.24, 2.45) is 5.92 Å². The van der Waals surface area contributed by atoms with Crippen molar-refractivity contribution in [3.63, 3.8) is 0 Å². The van der Waals surface area contributed by atoms with Crippen molar-refractivity contribution in [1.82, 2.24) is 33.9 Å². The van der Waals surface area contributed by atoms with E-state index in [-0.39, 0.29) is 50.6 Å². The lowest BCUT2D eigenvalue weighted by molar-refractivity contribution is -0.222. The van der Waals surface area contributed by atoms with E-state index in [4.69, 9.17) is 0 Å². The lowest BCUT2D eigenvalue weighted by Crippen LogP contribution is -2.49. The fourth-order valence-electron chi connectivity index (χ4n) is 6.46. The van der Waals surface area contributed by atoms with Gasteiger partial charge in [-0.15, -0.1) is 0 Å². The number of imidazole rings is 1. The smallest absolute Gasteiger partial charge is 0.383 e. The third-order valence-corrected chi connectivity index (χ3v) is 8.57. The van der Waals surface area contributed by atoms with E-state index in [9.17, 15) is 27.9 Å². The summed E-state index contributed by atoms with van der Waals surface area (Å²) in [7, 11) is 0. The van der Waals surface area contributed by atoms with Gasteiger partial charge in [-0.2, -0.15) is 13.2 Å². The minimum Gasteiger partial charge on any atom is -0.383 e. The fourth-order valence-corrected chi connectivity index (χ4v) is 6.46. The second kappa shape index (κ2) is 10.0. The molecule has 1 aromatic carbocycles. The van der Waals surface area contributed by atoms with Gasteiger partial charge in [0.2, 0.25) is 0 Å². The molecule has 7 rings (SSSR count). The minimum atomic E-state index is -4.70. The maximum atomic E-state index is 15.1. The molecule has 0 spiro atoms. The number of alkyl halides is 3. The summed E-state index contributed by atoms with van der Waals surface area (Å²) in [6.07, 6.45) is -1.77. The number of amides is 2. The van der Waals surface area contributed by atoms with Gasteiger partial charge in [-0.3, -0.25) is 19.4 Å². The molecule has 4 aromatic heterocycles. The molecule has 0 saturated carbocycles. The van der Waals surface area contributed by atoms with Crippen molar-refractivity contribution in [1.29, 1.82) is 0 Å². The second-order valence-electron chi connectivity index (χ2n) is 11.1. The number of hydrogen-bond acceptors (Lipinski definition) is 4. The molecule has 0 radical (unpaired) electrons. The number of carbonyl (C=O) groups excluding carboxylic acids is 1. The standard InChI is InChI=1S/C29H27F4N7O3/c30-18-11-17-14-39(28(43)37-7-4-16(5-8-37)26(41)29(31,32)33)10-9-38-15-20(19(12-18)25(17)38)23-24(35-36-27(23)42)21-13-34-22-3-1-2-6-40(21)22/h1-3,6,11-13,15-16,26,41H,4-5,7-10,14H2,(H2,35,36,42). The van der Waals surface area contributed by atoms with Crippen LogP contribution in [-0.2, 0) is 13.1 Å². The van der Waals surface area contributed by atoms with E-state index in [1.54, 1.807) is 17.3 Å². The molecule has 5 aromatic rings. The largest absolute Gasteiger partial charge is 0.414 e. The van der Waals surface area contributed by atoms with E-state index < -0.39 is 24.0 Å². The lowest BCUT2D eigenvalue weighted by Gasteiger charge is -2.37. The van der Waals surface area contributed by atoms with Gasteiger partial charge >= 0.3 is 12.2 Å². The molecule has 2 amide bonds. The van der Waals surface area contributed by atoms with E-state index in [0.29, 0.717) is 51.2 Å². The number of pyridine rings is 1. The Hall–Kier alpha value is -4.59. The molecule has 1 atom stereocenters. The highest BCUT2D eigenvalue weighted by Crippen LogP contribution is 2.38. The highest BCUT2D eigenvalue weighted by atomic mass is 19.4. The van der Waals surface area contributed by atoms with E-state index in [0.717, 1.165) is 0 Å². The Labute approximate surface area is 241 Å². The first-order valence-corrected chi connectivity index (χ1v) is 13.9. The number of carbonyl (C=O) groups is 1. The monoisotopic (exact) mass is 597 g/mol. The number of hydrogen-bond donors (Lipinski definition) is 3. The number of H-pyrrole nitrogens is 2. The Balaban J connectivity index is 1.20. The molecule has 1 fully saturated rings. The fraction of sp³-hybridized carbons (Fsp3) is 0.345. The van der Waals surface area contributed by atoms with Crippen LogP contribution >= 0.6 is 0 Å². The maximum absolute atomic E-state index is 15.1. The number of aromatic amines is 2. The van der Waals surface area contributed by atoms with Gasteiger partial charge in [0.05, 0.1) is 28.7 Å². The Bertz CT molecular complexity index is 1910. The minimum absolute atomic E-state index is 0.0356. The number of urea groups is 1. The summed E-state index contributed by atoms with van der Waals surface area (Å²) in [4.78, 5) is 34.1. The van der Waals surface area contributed by atoms with E-state index >= 15 is 4.39 Å². The van der Waals surface area contributed by atoms with Gasteiger partial charge in [-0.1, -0.05) is 6.07 Å². The highest BCUT2D eigenvalue weighted by Gasteiger charge is 2.44. The maximum Gasteiger partial charge on any atom is 0.414 e. The van der Waals surface area contributed by atoms with Crippen LogP contribution in [0.2, 0.25) is 0 Å². The van der Waals surface area contributed by atoms with Crippen LogP contribution in [0.3, 0.4) is 0 Å². The number of fused-ring (bicyclic) bond motifs is 1. The van der Waals surface area contributed by atoms with Crippen molar-refractivity contribution in [2.75, 3.05) is 19.6 Å². The van der Waals surface area contributed by atoms with Gasteiger partial charge in [-0.05, 0) is 48.6 Å². The summed E-state index contributed by atoms with van der Waals surface area (Å²) in [6.45, 7) is 0.894. The number of rotatable bonds is 3. The van der Waals surface area contributed by atoms with Crippen LogP contribution in [0.1, 0.15) is 18.4 Å². The van der Waals surface area contributed by atoms with Crippen LogP contribution < -0.4 is 5.56 Å². The van der Waals surface area contributed by atoms with Gasteiger partial charge in [0, 0.05) is 56.1 Å². The first-order chi connectivity index (χ1) is 20.6. The second-order valence-corrected chi connectivity index (χ2v) is 11.1. The van der Waals surface area contributed by atoms with Gasteiger partial charge in [0.1, 0.15) is 11.5 Å². The molecule has 6 heterocycles. The molecule has 2 aliphatic rings. The van der Waals surface area contributed by atoms with Gasteiger partial charge in [0.25, 0.3) is 5.56 Å². The molecule has 224 valence electrons. The number of aliphatic hydroxyl groups excluding tert-OH is 1. The van der Waals surface area contributed by atoms with Crippen molar-refractivity contribution in [2.45, 2.75) is 38.2 Å². The topological polar surface area (TPSA) is 115 Å². The highest BCUT2D eigenvalue weighted by molar-refractivity contribution is 6.00. The van der Waals surface area contributed by atoms with Crippen molar-refractivity contribution < 1.29 is 27.5 Å². The number of likely N-dealkylation sites (tertiary alicyclic amines) is 1. The summed E-state index contributed by atoms with van der Waals surface area (Å²) in [5.41, 5.74) is 3.59. The van der Waals surface area contributed by atoms with Crippen LogP contribution in [-0.4, -0.2) is 77.0 Å². The summed E-state index contributed by atoms with van der Waals surface area (Å²) in [5, 5.41) is 15.8. The molecule has 2 aliphatic heterocycles. The Morgan fingerprint density at radius 1 is 1.07 bits per heavy atom. The van der Waals surface area contributed by atoms with E-state index in [1.165, 1.54) is 17.0 Å².